The minimum Gasteiger partial charge on any atom is -0.485 e. The van der Waals surface area contributed by atoms with Crippen molar-refractivity contribution in [2.45, 2.75) is 39.6 Å². The molecule has 2 aromatic carbocycles. The first-order valence-corrected chi connectivity index (χ1v) is 19.6. The Morgan fingerprint density at radius 2 is 1.80 bits per heavy atom. The number of halogens is 4. The van der Waals surface area contributed by atoms with Crippen LogP contribution < -0.4 is 20.5 Å². The van der Waals surface area contributed by atoms with Gasteiger partial charge in [-0.2, -0.15) is 22.7 Å². The number of aromatic nitrogens is 7. The summed E-state index contributed by atoms with van der Waals surface area (Å²) in [4.78, 5) is 63.8. The van der Waals surface area contributed by atoms with E-state index < -0.39 is 23.2 Å². The Morgan fingerprint density at radius 3 is 2.51 bits per heavy atom. The summed E-state index contributed by atoms with van der Waals surface area (Å²) in [6, 6.07) is 15.9. The molecule has 0 aliphatic carbocycles. The molecule has 59 heavy (non-hydrogen) atoms. The number of benzene rings is 2. The fourth-order valence-electron chi connectivity index (χ4n) is 6.95. The number of carbonyl (C=O) groups is 2. The average Bonchev–Trinajstić information content (AvgIpc) is 3.88. The van der Waals surface area contributed by atoms with E-state index in [1.54, 1.807) is 28.8 Å². The van der Waals surface area contributed by atoms with E-state index in [9.17, 15) is 27.6 Å². The maximum absolute atomic E-state index is 14.5. The van der Waals surface area contributed by atoms with Crippen molar-refractivity contribution in [3.8, 4) is 16.5 Å². The predicted molar refractivity (Wildman–Crippen MR) is 216 cm³/mol. The summed E-state index contributed by atoms with van der Waals surface area (Å²) in [7, 11) is 0. The van der Waals surface area contributed by atoms with Gasteiger partial charge in [0, 0.05) is 38.6 Å². The first-order valence-electron chi connectivity index (χ1n) is 18.4. The molecule has 0 saturated carbocycles. The van der Waals surface area contributed by atoms with Crippen LogP contribution >= 0.6 is 22.9 Å². The number of fused-ring (bicyclic) bond motifs is 2. The Morgan fingerprint density at radius 1 is 1.02 bits per heavy atom. The van der Waals surface area contributed by atoms with Crippen LogP contribution in [0.2, 0.25) is 5.02 Å². The number of hydrogen-bond donors (Lipinski definition) is 1. The summed E-state index contributed by atoms with van der Waals surface area (Å²) in [6.45, 7) is 4.37. The number of piperazine rings is 1. The second-order valence-electron chi connectivity index (χ2n) is 13.6. The van der Waals surface area contributed by atoms with Crippen LogP contribution in [0, 0.1) is 6.92 Å². The lowest BCUT2D eigenvalue weighted by Crippen LogP contribution is -2.51. The average molecular weight is 843 g/mol. The van der Waals surface area contributed by atoms with E-state index >= 15 is 0 Å². The molecule has 1 fully saturated rings. The van der Waals surface area contributed by atoms with Gasteiger partial charge in [0.25, 0.3) is 11.5 Å². The number of alkyl halides is 3. The van der Waals surface area contributed by atoms with Crippen LogP contribution in [-0.4, -0.2) is 77.0 Å². The number of aryl methyl sites for hydroxylation is 1. The van der Waals surface area contributed by atoms with Gasteiger partial charge >= 0.3 is 6.18 Å². The molecule has 7 aromatic rings. The molecule has 0 bridgehead atoms. The molecule has 0 radical (unpaired) electrons. The van der Waals surface area contributed by atoms with Crippen molar-refractivity contribution in [3.05, 3.63) is 123 Å². The van der Waals surface area contributed by atoms with Gasteiger partial charge in [-0.05, 0) is 54.6 Å². The third-order valence-corrected chi connectivity index (χ3v) is 11.3. The van der Waals surface area contributed by atoms with Crippen molar-refractivity contribution >= 4 is 62.0 Å². The summed E-state index contributed by atoms with van der Waals surface area (Å²) in [5.74, 6) is -0.344. The second kappa shape index (κ2) is 16.1. The van der Waals surface area contributed by atoms with Crippen molar-refractivity contribution in [2.24, 2.45) is 0 Å². The minimum absolute atomic E-state index is 0.0191. The molecule has 6 heterocycles. The Bertz CT molecular complexity index is 2750. The lowest BCUT2D eigenvalue weighted by Gasteiger charge is -2.36. The number of nitrogens with zero attached hydrogens (tertiary/aromatic N) is 9. The molecule has 302 valence electrons. The van der Waals surface area contributed by atoms with E-state index in [0.717, 1.165) is 38.4 Å². The van der Waals surface area contributed by atoms with Crippen molar-refractivity contribution < 1.29 is 27.5 Å². The first-order chi connectivity index (χ1) is 28.4. The zero-order valence-electron chi connectivity index (χ0n) is 31.5. The van der Waals surface area contributed by atoms with Gasteiger partial charge in [-0.25, -0.2) is 9.97 Å². The van der Waals surface area contributed by atoms with Crippen LogP contribution in [0.15, 0.2) is 84.2 Å². The number of pyridine rings is 1. The fraction of sp³-hybridized carbons (Fsp3) is 0.250. The number of thiophene rings is 1. The highest BCUT2D eigenvalue weighted by Gasteiger charge is 2.33. The van der Waals surface area contributed by atoms with Crippen molar-refractivity contribution in [2.75, 3.05) is 36.4 Å². The van der Waals surface area contributed by atoms with Crippen LogP contribution in [0.3, 0.4) is 0 Å². The molecular weight excluding hydrogens is 809 g/mol. The molecule has 14 nitrogen and oxygen atoms in total. The topological polar surface area (TPSA) is 153 Å². The highest BCUT2D eigenvalue weighted by Crippen LogP contribution is 2.35. The molecule has 0 spiro atoms. The quantitative estimate of drug-likeness (QED) is 0.158. The van der Waals surface area contributed by atoms with Crippen molar-refractivity contribution in [1.82, 2.24) is 39.0 Å². The Kier molecular flexibility index (Phi) is 10.8. The Labute approximate surface area is 342 Å². The molecule has 1 aliphatic rings. The summed E-state index contributed by atoms with van der Waals surface area (Å²) >= 11 is 7.57. The van der Waals surface area contributed by atoms with E-state index in [0.29, 0.717) is 16.3 Å². The molecule has 0 unspecified atom stereocenters. The summed E-state index contributed by atoms with van der Waals surface area (Å²) in [5.41, 5.74) is 0.860. The maximum Gasteiger partial charge on any atom is 0.416 e. The minimum atomic E-state index is -4.62. The van der Waals surface area contributed by atoms with Gasteiger partial charge in [0.05, 0.1) is 37.2 Å². The first kappa shape index (κ1) is 39.4. The SMILES string of the molecule is CCc1c(N2CCN(C(=O)c3ncnc(C)c3OCc3ccccc3)CC2)c(=O)n2nc(-c3cc4ccncc4s3)nc2n1CC(=O)Nc1ccc(C(F)(F)F)cc1Cl. The molecule has 1 saturated heterocycles. The molecule has 0 atom stereocenters. The van der Waals surface area contributed by atoms with Gasteiger partial charge in [0.1, 0.15) is 25.2 Å². The fourth-order valence-corrected chi connectivity index (χ4v) is 8.14. The molecule has 5 aromatic heterocycles. The predicted octanol–water partition coefficient (Wildman–Crippen LogP) is 6.68. The summed E-state index contributed by atoms with van der Waals surface area (Å²) in [5, 5.41) is 7.86. The van der Waals surface area contributed by atoms with Gasteiger partial charge in [-0.3, -0.25) is 19.4 Å². The van der Waals surface area contributed by atoms with Crippen molar-refractivity contribution in [3.63, 3.8) is 0 Å². The standard InChI is InChI=1S/C40H34ClF3N10O4S/c1-3-29-34(51-13-15-52(16-14-51)37(56)33-35(23(2)46-22-47-33)58-21-24-7-5-4-6-8-24)38(57)54-39(49-36(50-54)30-17-25-11-12-45-19-31(25)59-30)53(29)20-32(55)48-28-10-9-26(18-27(28)41)40(42,43)44/h4-12,17-19,22H,3,13-16,20-21H2,1-2H3,(H,48,55). The van der Waals surface area contributed by atoms with Crippen molar-refractivity contribution in [1.29, 1.82) is 0 Å². The van der Waals surface area contributed by atoms with Crippen LogP contribution in [0.5, 0.6) is 5.75 Å². The number of ether oxygens (including phenoxy) is 1. The molecule has 1 aliphatic heterocycles. The zero-order valence-corrected chi connectivity index (χ0v) is 33.1. The lowest BCUT2D eigenvalue weighted by molar-refractivity contribution is -0.137. The number of hydrogen-bond acceptors (Lipinski definition) is 11. The summed E-state index contributed by atoms with van der Waals surface area (Å²) in [6.07, 6.45) is 0.375. The number of carbonyl (C=O) groups excluding carboxylic acids is 2. The molecule has 8 rings (SSSR count). The lowest BCUT2D eigenvalue weighted by atomic mass is 10.2. The smallest absolute Gasteiger partial charge is 0.416 e. The number of anilines is 2. The van der Waals surface area contributed by atoms with E-state index in [2.05, 4.69) is 25.4 Å². The van der Waals surface area contributed by atoms with E-state index in [4.69, 9.17) is 21.3 Å². The third-order valence-electron chi connectivity index (χ3n) is 9.87. The highest BCUT2D eigenvalue weighted by molar-refractivity contribution is 7.22. The van der Waals surface area contributed by atoms with Gasteiger partial charge in [0.15, 0.2) is 17.3 Å². The Hall–Kier alpha value is -6.40. The third kappa shape index (κ3) is 7.92. The summed E-state index contributed by atoms with van der Waals surface area (Å²) < 4.78 is 49.6. The van der Waals surface area contributed by atoms with Crippen LogP contribution in [0.4, 0.5) is 24.5 Å². The monoisotopic (exact) mass is 842 g/mol. The molecule has 19 heteroatoms. The van der Waals surface area contributed by atoms with Gasteiger partial charge in [-0.15, -0.1) is 16.4 Å². The largest absolute Gasteiger partial charge is 0.485 e. The molecular formula is C40H34ClF3N10O4S. The highest BCUT2D eigenvalue weighted by atomic mass is 35.5. The van der Waals surface area contributed by atoms with Gasteiger partial charge in [0.2, 0.25) is 11.7 Å². The zero-order chi connectivity index (χ0) is 41.4. The van der Waals surface area contributed by atoms with E-state index in [1.807, 2.05) is 54.3 Å². The van der Waals surface area contributed by atoms with E-state index in [1.165, 1.54) is 17.7 Å². The van der Waals surface area contributed by atoms with Gasteiger partial charge in [-0.1, -0.05) is 48.9 Å². The maximum atomic E-state index is 14.5. The van der Waals surface area contributed by atoms with Crippen LogP contribution in [-0.2, 0) is 30.5 Å². The Balaban J connectivity index is 1.11. The van der Waals surface area contributed by atoms with Crippen LogP contribution in [0.1, 0.15) is 39.9 Å². The van der Waals surface area contributed by atoms with Gasteiger partial charge < -0.3 is 24.4 Å². The normalized spacial score (nSPS) is 13.3. The second-order valence-corrected chi connectivity index (χ2v) is 15.1. The number of rotatable bonds is 10. The molecule has 2 amide bonds. The molecule has 1 N–H and O–H groups in total. The number of nitrogens with one attached hydrogen (secondary N) is 1. The van der Waals surface area contributed by atoms with E-state index in [-0.39, 0.29) is 91.1 Å². The number of amides is 2. The van der Waals surface area contributed by atoms with Crippen LogP contribution in [0.25, 0.3) is 26.6 Å².